The maximum atomic E-state index is 10.9. The minimum atomic E-state index is -0.193. The Bertz CT molecular complexity index is 389. The summed E-state index contributed by atoms with van der Waals surface area (Å²) in [6, 6.07) is 8.61. The summed E-state index contributed by atoms with van der Waals surface area (Å²) in [5, 5.41) is 3.39. The molecule has 0 aliphatic rings. The van der Waals surface area contributed by atoms with Crippen LogP contribution in [0.25, 0.3) is 0 Å². The minimum Gasteiger partial charge on any atom is -0.494 e. The normalized spacial score (nSPS) is 11.9. The van der Waals surface area contributed by atoms with Crippen molar-refractivity contribution in [3.05, 3.63) is 29.8 Å². The Balaban J connectivity index is 2.29. The highest BCUT2D eigenvalue weighted by Gasteiger charge is 2.03. The van der Waals surface area contributed by atoms with E-state index < -0.39 is 0 Å². The van der Waals surface area contributed by atoms with Crippen LogP contribution in [0.4, 0.5) is 0 Å². The number of rotatable bonds is 9. The number of carbonyl (C=O) groups excluding carboxylic acids is 1. The lowest BCUT2D eigenvalue weighted by Gasteiger charge is -2.12. The highest BCUT2D eigenvalue weighted by Crippen LogP contribution is 2.14. The van der Waals surface area contributed by atoms with Crippen LogP contribution < -0.4 is 10.1 Å². The van der Waals surface area contributed by atoms with Crippen molar-refractivity contribution in [3.8, 4) is 5.75 Å². The fourth-order valence-electron chi connectivity index (χ4n) is 2.00. The largest absolute Gasteiger partial charge is 0.494 e. The Morgan fingerprint density at radius 1 is 1.30 bits per heavy atom. The summed E-state index contributed by atoms with van der Waals surface area (Å²) in [6.45, 7) is 5.81. The molecule has 0 radical (unpaired) electrons. The van der Waals surface area contributed by atoms with E-state index >= 15 is 0 Å². The molecule has 0 amide bonds. The van der Waals surface area contributed by atoms with E-state index in [4.69, 9.17) is 4.74 Å². The summed E-state index contributed by atoms with van der Waals surface area (Å²) in [7, 11) is 1.40. The Kier molecular flexibility index (Phi) is 7.73. The lowest BCUT2D eigenvalue weighted by molar-refractivity contribution is -0.140. The summed E-state index contributed by atoms with van der Waals surface area (Å²) in [5.41, 5.74) is 1.29. The average Bonchev–Trinajstić information content (AvgIpc) is 2.45. The molecule has 0 aromatic heterocycles. The molecule has 1 rings (SSSR count). The maximum absolute atomic E-state index is 10.9. The molecule has 0 fully saturated rings. The van der Waals surface area contributed by atoms with Crippen LogP contribution in [-0.4, -0.2) is 32.3 Å². The van der Waals surface area contributed by atoms with Crippen molar-refractivity contribution in [1.82, 2.24) is 5.32 Å². The predicted molar refractivity (Wildman–Crippen MR) is 80.0 cm³/mol. The van der Waals surface area contributed by atoms with Crippen LogP contribution in [0.1, 0.15) is 32.3 Å². The summed E-state index contributed by atoms with van der Waals surface area (Å²) in [4.78, 5) is 10.9. The molecule has 1 aromatic rings. The van der Waals surface area contributed by atoms with Crippen LogP contribution in [0.2, 0.25) is 0 Å². The van der Waals surface area contributed by atoms with Gasteiger partial charge in [-0.05, 0) is 44.0 Å². The Hall–Kier alpha value is -1.55. The van der Waals surface area contributed by atoms with Crippen LogP contribution in [0.5, 0.6) is 5.75 Å². The zero-order valence-corrected chi connectivity index (χ0v) is 12.6. The molecule has 0 bridgehead atoms. The first-order valence-corrected chi connectivity index (χ1v) is 7.17. The second kappa shape index (κ2) is 9.37. The number of ether oxygens (including phenoxy) is 2. The quantitative estimate of drug-likeness (QED) is 0.557. The van der Waals surface area contributed by atoms with E-state index in [1.807, 2.05) is 12.1 Å². The van der Waals surface area contributed by atoms with Crippen molar-refractivity contribution in [2.24, 2.45) is 0 Å². The number of esters is 1. The van der Waals surface area contributed by atoms with E-state index in [0.717, 1.165) is 18.7 Å². The molecule has 4 nitrogen and oxygen atoms in total. The zero-order valence-electron chi connectivity index (χ0n) is 12.6. The molecular weight excluding hydrogens is 254 g/mol. The van der Waals surface area contributed by atoms with Crippen molar-refractivity contribution in [2.45, 2.75) is 39.2 Å². The Morgan fingerprint density at radius 2 is 2.00 bits per heavy atom. The molecule has 0 saturated carbocycles. The van der Waals surface area contributed by atoms with Gasteiger partial charge in [0.1, 0.15) is 5.75 Å². The van der Waals surface area contributed by atoms with Gasteiger partial charge in [-0.2, -0.15) is 0 Å². The second-order valence-corrected chi connectivity index (χ2v) is 4.83. The summed E-state index contributed by atoms with van der Waals surface area (Å²) in [6.07, 6.45) is 2.08. The van der Waals surface area contributed by atoms with Gasteiger partial charge in [0.25, 0.3) is 0 Å². The predicted octanol–water partition coefficient (Wildman–Crippen LogP) is 2.56. The Labute approximate surface area is 121 Å². The van der Waals surface area contributed by atoms with Gasteiger partial charge in [0.05, 0.1) is 13.7 Å². The van der Waals surface area contributed by atoms with E-state index in [0.29, 0.717) is 25.5 Å². The smallest absolute Gasteiger partial charge is 0.305 e. The summed E-state index contributed by atoms with van der Waals surface area (Å²) >= 11 is 0. The molecule has 0 aliphatic heterocycles. The van der Waals surface area contributed by atoms with Gasteiger partial charge in [-0.15, -0.1) is 0 Å². The van der Waals surface area contributed by atoms with Crippen molar-refractivity contribution in [3.63, 3.8) is 0 Å². The molecule has 1 N–H and O–H groups in total. The fraction of sp³-hybridized carbons (Fsp3) is 0.562. The van der Waals surface area contributed by atoms with Gasteiger partial charge in [-0.3, -0.25) is 4.79 Å². The molecule has 1 unspecified atom stereocenters. The summed E-state index contributed by atoms with van der Waals surface area (Å²) in [5.74, 6) is 0.649. The number of likely N-dealkylation sites (N-methyl/N-ethyl adjacent to an activating group) is 1. The number of hydrogen-bond acceptors (Lipinski definition) is 4. The zero-order chi connectivity index (χ0) is 14.8. The van der Waals surface area contributed by atoms with E-state index in [1.165, 1.54) is 12.7 Å². The minimum absolute atomic E-state index is 0.193. The number of methoxy groups -OCH3 is 1. The highest BCUT2D eigenvalue weighted by molar-refractivity contribution is 5.69. The molecule has 4 heteroatoms. The standard InChI is InChI=1S/C16H25NO3/c1-4-17-13(2)12-14-7-9-15(10-8-14)20-11-5-6-16(18)19-3/h7-10,13,17H,4-6,11-12H2,1-3H3. The molecule has 0 saturated heterocycles. The van der Waals surface area contributed by atoms with Crippen LogP contribution >= 0.6 is 0 Å². The van der Waals surface area contributed by atoms with Crippen LogP contribution in [0, 0.1) is 0 Å². The van der Waals surface area contributed by atoms with Gasteiger partial charge in [0.2, 0.25) is 0 Å². The second-order valence-electron chi connectivity index (χ2n) is 4.83. The average molecular weight is 279 g/mol. The first-order valence-electron chi connectivity index (χ1n) is 7.17. The molecular formula is C16H25NO3. The van der Waals surface area contributed by atoms with E-state index in [-0.39, 0.29) is 5.97 Å². The molecule has 1 atom stereocenters. The van der Waals surface area contributed by atoms with Gasteiger partial charge in [0, 0.05) is 12.5 Å². The molecule has 112 valence electrons. The van der Waals surface area contributed by atoms with Crippen LogP contribution in [0.3, 0.4) is 0 Å². The van der Waals surface area contributed by atoms with Crippen molar-refractivity contribution in [2.75, 3.05) is 20.3 Å². The van der Waals surface area contributed by atoms with E-state index in [1.54, 1.807) is 0 Å². The third-order valence-corrected chi connectivity index (χ3v) is 3.04. The van der Waals surface area contributed by atoms with Gasteiger partial charge < -0.3 is 14.8 Å². The molecule has 0 heterocycles. The van der Waals surface area contributed by atoms with Gasteiger partial charge in [0.15, 0.2) is 0 Å². The van der Waals surface area contributed by atoms with Crippen molar-refractivity contribution >= 4 is 5.97 Å². The van der Waals surface area contributed by atoms with Crippen LogP contribution in [-0.2, 0) is 16.0 Å². The number of carbonyl (C=O) groups is 1. The molecule has 0 aliphatic carbocycles. The molecule has 0 spiro atoms. The first kappa shape index (κ1) is 16.5. The topological polar surface area (TPSA) is 47.6 Å². The monoisotopic (exact) mass is 279 g/mol. The van der Waals surface area contributed by atoms with Crippen molar-refractivity contribution in [1.29, 1.82) is 0 Å². The van der Waals surface area contributed by atoms with Gasteiger partial charge in [-0.1, -0.05) is 19.1 Å². The SMILES string of the molecule is CCNC(C)Cc1ccc(OCCCC(=O)OC)cc1. The van der Waals surface area contributed by atoms with Crippen LogP contribution in [0.15, 0.2) is 24.3 Å². The van der Waals surface area contributed by atoms with E-state index in [2.05, 4.69) is 36.0 Å². The third kappa shape index (κ3) is 6.57. The lowest BCUT2D eigenvalue weighted by Crippen LogP contribution is -2.27. The number of hydrogen-bond donors (Lipinski definition) is 1. The molecule has 1 aromatic carbocycles. The van der Waals surface area contributed by atoms with Crippen molar-refractivity contribution < 1.29 is 14.3 Å². The maximum Gasteiger partial charge on any atom is 0.305 e. The Morgan fingerprint density at radius 3 is 2.60 bits per heavy atom. The number of benzene rings is 1. The third-order valence-electron chi connectivity index (χ3n) is 3.04. The lowest BCUT2D eigenvalue weighted by atomic mass is 10.1. The number of nitrogens with one attached hydrogen (secondary N) is 1. The fourth-order valence-corrected chi connectivity index (χ4v) is 2.00. The van der Waals surface area contributed by atoms with Gasteiger partial charge in [-0.25, -0.2) is 0 Å². The van der Waals surface area contributed by atoms with Gasteiger partial charge >= 0.3 is 5.97 Å². The summed E-state index contributed by atoms with van der Waals surface area (Å²) < 4.78 is 10.2. The first-order chi connectivity index (χ1) is 9.65. The van der Waals surface area contributed by atoms with E-state index in [9.17, 15) is 4.79 Å². The molecule has 20 heavy (non-hydrogen) atoms. The highest BCUT2D eigenvalue weighted by atomic mass is 16.5.